The predicted octanol–water partition coefficient (Wildman–Crippen LogP) is 12.9. The molecule has 1 fully saturated rings. The van der Waals surface area contributed by atoms with Gasteiger partial charge >= 0.3 is 6.16 Å². The number of hydrogen-bond donors (Lipinski definition) is 0. The molecule has 0 amide bonds. The number of fused-ring (bicyclic) bond motifs is 5. The van der Waals surface area contributed by atoms with Crippen molar-refractivity contribution in [1.82, 2.24) is 0 Å². The van der Waals surface area contributed by atoms with Crippen LogP contribution in [-0.4, -0.2) is 18.4 Å². The number of carbonyl (C=O) groups excluding carboxylic acids is 1. The molecule has 1 saturated heterocycles. The van der Waals surface area contributed by atoms with Crippen LogP contribution in [0.1, 0.15) is 28.2 Å². The SMILES string of the molecule is Cc1ccccc1C1c2c(c(-c3oc4ccccc4c3-c3ccccc3)c3ccccc3c2-c2oc3ccccc3c2-c2ccccc2)CC2OC(=O)OC21. The van der Waals surface area contributed by atoms with Gasteiger partial charge in [0.15, 0.2) is 6.10 Å². The van der Waals surface area contributed by atoms with E-state index in [1.165, 1.54) is 0 Å². The largest absolute Gasteiger partial charge is 0.509 e. The number of carbonyl (C=O) groups is 1. The summed E-state index contributed by atoms with van der Waals surface area (Å²) in [5.74, 6) is 1.19. The number of hydrogen-bond acceptors (Lipinski definition) is 5. The molecule has 5 heteroatoms. The van der Waals surface area contributed by atoms with Crippen LogP contribution >= 0.6 is 0 Å². The smallest absolute Gasteiger partial charge is 0.455 e. The zero-order valence-electron chi connectivity index (χ0n) is 30.0. The summed E-state index contributed by atoms with van der Waals surface area (Å²) in [4.78, 5) is 13.2. The normalized spacial score (nSPS) is 17.6. The summed E-state index contributed by atoms with van der Waals surface area (Å²) in [6.07, 6.45) is -1.27. The summed E-state index contributed by atoms with van der Waals surface area (Å²) in [5.41, 5.74) is 12.0. The second-order valence-electron chi connectivity index (χ2n) is 14.6. The number of aryl methyl sites for hydroxylation is 1. The van der Waals surface area contributed by atoms with Gasteiger partial charge in [0.05, 0.1) is 5.92 Å². The Kier molecular flexibility index (Phi) is 7.11. The lowest BCUT2D eigenvalue weighted by atomic mass is 9.69. The summed E-state index contributed by atoms with van der Waals surface area (Å²) in [7, 11) is 0. The summed E-state index contributed by atoms with van der Waals surface area (Å²) < 4.78 is 26.4. The molecule has 0 N–H and O–H groups in total. The number of rotatable bonds is 5. The van der Waals surface area contributed by atoms with Gasteiger partial charge in [-0.3, -0.25) is 0 Å². The average molecular weight is 715 g/mol. The minimum atomic E-state index is -0.642. The van der Waals surface area contributed by atoms with Crippen LogP contribution < -0.4 is 0 Å². The quantitative estimate of drug-likeness (QED) is 0.166. The molecule has 9 aromatic rings. The van der Waals surface area contributed by atoms with E-state index < -0.39 is 18.4 Å². The first kappa shape index (κ1) is 31.7. The highest BCUT2D eigenvalue weighted by molar-refractivity contribution is 6.15. The van der Waals surface area contributed by atoms with Crippen LogP contribution in [0.4, 0.5) is 4.79 Å². The van der Waals surface area contributed by atoms with Gasteiger partial charge in [-0.05, 0) is 63.2 Å². The summed E-state index contributed by atoms with van der Waals surface area (Å²) in [6, 6.07) is 54.4. The number of ether oxygens (including phenoxy) is 2. The van der Waals surface area contributed by atoms with Gasteiger partial charge in [0, 0.05) is 39.4 Å². The van der Waals surface area contributed by atoms with Gasteiger partial charge in [-0.15, -0.1) is 0 Å². The third-order valence-electron chi connectivity index (χ3n) is 11.5. The monoisotopic (exact) mass is 714 g/mol. The Morgan fingerprint density at radius 2 is 0.982 bits per heavy atom. The molecule has 1 aliphatic heterocycles. The molecule has 55 heavy (non-hydrogen) atoms. The van der Waals surface area contributed by atoms with Crippen molar-refractivity contribution >= 4 is 38.9 Å². The summed E-state index contributed by atoms with van der Waals surface area (Å²) in [6.45, 7) is 2.13. The maximum absolute atomic E-state index is 13.2. The average Bonchev–Trinajstić information content (AvgIpc) is 3.92. The van der Waals surface area contributed by atoms with Crippen molar-refractivity contribution in [3.8, 4) is 44.9 Å². The van der Waals surface area contributed by atoms with Gasteiger partial charge in [0.25, 0.3) is 0 Å². The molecule has 0 saturated carbocycles. The van der Waals surface area contributed by atoms with Crippen LogP contribution in [0, 0.1) is 6.92 Å². The lowest BCUT2D eigenvalue weighted by Gasteiger charge is -2.37. The van der Waals surface area contributed by atoms with E-state index in [9.17, 15) is 4.79 Å². The molecular formula is C50H34O5. The van der Waals surface area contributed by atoms with Crippen molar-refractivity contribution in [2.45, 2.75) is 31.5 Å². The molecular weight excluding hydrogens is 681 g/mol. The lowest BCUT2D eigenvalue weighted by Crippen LogP contribution is -2.38. The van der Waals surface area contributed by atoms with E-state index in [0.717, 1.165) is 99.9 Å². The molecule has 264 valence electrons. The van der Waals surface area contributed by atoms with Gasteiger partial charge < -0.3 is 18.3 Å². The van der Waals surface area contributed by atoms with Crippen molar-refractivity contribution in [1.29, 1.82) is 0 Å². The fourth-order valence-electron chi connectivity index (χ4n) is 9.28. The van der Waals surface area contributed by atoms with E-state index in [4.69, 9.17) is 18.3 Å². The lowest BCUT2D eigenvalue weighted by molar-refractivity contribution is 0.114. The summed E-state index contributed by atoms with van der Waals surface area (Å²) in [5, 5.41) is 4.12. The van der Waals surface area contributed by atoms with Crippen LogP contribution in [0.15, 0.2) is 167 Å². The number of para-hydroxylation sites is 2. The fourth-order valence-corrected chi connectivity index (χ4v) is 9.28. The molecule has 3 atom stereocenters. The van der Waals surface area contributed by atoms with Crippen LogP contribution in [-0.2, 0) is 15.9 Å². The van der Waals surface area contributed by atoms with Gasteiger partial charge in [-0.1, -0.05) is 146 Å². The maximum Gasteiger partial charge on any atom is 0.509 e. The molecule has 0 spiro atoms. The Labute approximate surface area is 317 Å². The first-order valence-corrected chi connectivity index (χ1v) is 18.8. The third kappa shape index (κ3) is 4.82. The third-order valence-corrected chi connectivity index (χ3v) is 11.5. The van der Waals surface area contributed by atoms with E-state index in [2.05, 4.69) is 128 Å². The van der Waals surface area contributed by atoms with Crippen molar-refractivity contribution < 1.29 is 23.1 Å². The second-order valence-corrected chi connectivity index (χ2v) is 14.6. The minimum absolute atomic E-state index is 0.374. The Hall–Kier alpha value is -6.85. The molecule has 3 unspecified atom stereocenters. The zero-order chi connectivity index (χ0) is 36.6. The predicted molar refractivity (Wildman–Crippen MR) is 217 cm³/mol. The fraction of sp³-hybridized carbons (Fsp3) is 0.100. The van der Waals surface area contributed by atoms with Crippen LogP contribution in [0.2, 0.25) is 0 Å². The highest BCUT2D eigenvalue weighted by Crippen LogP contribution is 2.56. The van der Waals surface area contributed by atoms with Crippen molar-refractivity contribution in [3.05, 3.63) is 180 Å². The first-order chi connectivity index (χ1) is 27.1. The van der Waals surface area contributed by atoms with Crippen molar-refractivity contribution in [2.75, 3.05) is 0 Å². The van der Waals surface area contributed by atoms with Crippen molar-refractivity contribution in [2.24, 2.45) is 0 Å². The van der Waals surface area contributed by atoms with E-state index in [-0.39, 0.29) is 5.92 Å². The van der Waals surface area contributed by atoms with Gasteiger partial charge in [0.2, 0.25) is 0 Å². The van der Waals surface area contributed by atoms with Crippen LogP contribution in [0.25, 0.3) is 77.6 Å². The second kappa shape index (κ2) is 12.4. The highest BCUT2D eigenvalue weighted by Gasteiger charge is 2.50. The van der Waals surface area contributed by atoms with E-state index >= 15 is 0 Å². The standard InChI is InChI=1S/C50H34O5/c1-29-16-8-9-21-32(29)45-44-37(28-40-47(45)55-50(51)54-40)43(48-41(30-17-4-2-5-18-30)35-24-12-14-26-38(35)52-48)33-22-10-11-23-34(33)46(44)49-42(31-19-6-3-7-20-31)36-25-13-15-27-39(36)53-49/h2-27,40,45,47H,28H2,1H3. The highest BCUT2D eigenvalue weighted by atomic mass is 16.8. The van der Waals surface area contributed by atoms with Gasteiger partial charge in [-0.25, -0.2) is 4.79 Å². The Bertz CT molecular complexity index is 2950. The first-order valence-electron chi connectivity index (χ1n) is 18.8. The molecule has 3 heterocycles. The van der Waals surface area contributed by atoms with Crippen LogP contribution in [0.5, 0.6) is 0 Å². The van der Waals surface area contributed by atoms with Gasteiger partial charge in [-0.2, -0.15) is 0 Å². The van der Waals surface area contributed by atoms with E-state index in [0.29, 0.717) is 6.42 Å². The molecule has 0 bridgehead atoms. The summed E-state index contributed by atoms with van der Waals surface area (Å²) >= 11 is 0. The molecule has 2 aromatic heterocycles. The van der Waals surface area contributed by atoms with E-state index in [1.54, 1.807) is 0 Å². The van der Waals surface area contributed by atoms with Gasteiger partial charge in [0.1, 0.15) is 28.8 Å². The Morgan fingerprint density at radius 1 is 0.491 bits per heavy atom. The Balaban J connectivity index is 1.35. The molecule has 0 radical (unpaired) electrons. The molecule has 7 aromatic carbocycles. The topological polar surface area (TPSA) is 61.8 Å². The molecule has 5 nitrogen and oxygen atoms in total. The molecule has 11 rings (SSSR count). The minimum Gasteiger partial charge on any atom is -0.455 e. The van der Waals surface area contributed by atoms with Crippen LogP contribution in [0.3, 0.4) is 0 Å². The maximum atomic E-state index is 13.2. The van der Waals surface area contributed by atoms with Crippen molar-refractivity contribution in [3.63, 3.8) is 0 Å². The number of benzene rings is 7. The Morgan fingerprint density at radius 3 is 1.58 bits per heavy atom. The molecule has 2 aliphatic rings. The zero-order valence-corrected chi connectivity index (χ0v) is 30.0. The number of furan rings is 2. The molecule has 1 aliphatic carbocycles. The van der Waals surface area contributed by atoms with E-state index in [1.807, 2.05) is 36.4 Å².